The highest BCUT2D eigenvalue weighted by molar-refractivity contribution is 8.18. The molecule has 0 saturated carbocycles. The predicted molar refractivity (Wildman–Crippen MR) is 119 cm³/mol. The molecule has 2 amide bonds. The fourth-order valence-corrected chi connectivity index (χ4v) is 4.76. The summed E-state index contributed by atoms with van der Waals surface area (Å²) in [5.41, 5.74) is 4.35. The van der Waals surface area contributed by atoms with Crippen LogP contribution in [-0.2, 0) is 11.3 Å². The van der Waals surface area contributed by atoms with Gasteiger partial charge in [-0.1, -0.05) is 42.0 Å². The average Bonchev–Trinajstić information content (AvgIpc) is 3.29. The molecule has 2 aromatic carbocycles. The molecule has 1 fully saturated rings. The van der Waals surface area contributed by atoms with Gasteiger partial charge in [-0.15, -0.1) is 11.3 Å². The third-order valence-corrected chi connectivity index (χ3v) is 6.44. The lowest BCUT2D eigenvalue weighted by molar-refractivity contribution is -0.123. The lowest BCUT2D eigenvalue weighted by Gasteiger charge is -2.12. The van der Waals surface area contributed by atoms with Gasteiger partial charge in [-0.2, -0.15) is 0 Å². The van der Waals surface area contributed by atoms with Crippen LogP contribution in [0.3, 0.4) is 0 Å². The molecule has 3 aromatic rings. The number of thioether (sulfide) groups is 1. The van der Waals surface area contributed by atoms with Gasteiger partial charge in [0.1, 0.15) is 5.75 Å². The molecule has 29 heavy (non-hydrogen) atoms. The highest BCUT2D eigenvalue weighted by Crippen LogP contribution is 2.35. The summed E-state index contributed by atoms with van der Waals surface area (Å²) in [6, 6.07) is 17.7. The van der Waals surface area contributed by atoms with Crippen molar-refractivity contribution in [2.45, 2.75) is 13.5 Å². The minimum absolute atomic E-state index is 0.243. The molecule has 146 valence electrons. The van der Waals surface area contributed by atoms with Crippen molar-refractivity contribution in [1.29, 1.82) is 0 Å². The van der Waals surface area contributed by atoms with E-state index in [0.29, 0.717) is 4.91 Å². The number of imide groups is 1. The highest BCUT2D eigenvalue weighted by Gasteiger charge is 2.35. The molecule has 6 heteroatoms. The Balaban J connectivity index is 1.50. The van der Waals surface area contributed by atoms with Crippen molar-refractivity contribution in [3.8, 4) is 16.9 Å². The molecule has 0 radical (unpaired) electrons. The smallest absolute Gasteiger partial charge is 0.293 e. The van der Waals surface area contributed by atoms with Gasteiger partial charge in [0, 0.05) is 4.88 Å². The molecule has 2 heterocycles. The summed E-state index contributed by atoms with van der Waals surface area (Å²) in [5.74, 6) is 0.492. The number of rotatable bonds is 5. The van der Waals surface area contributed by atoms with E-state index >= 15 is 0 Å². The summed E-state index contributed by atoms with van der Waals surface area (Å²) in [4.78, 5) is 27.8. The van der Waals surface area contributed by atoms with Crippen molar-refractivity contribution < 1.29 is 14.3 Å². The van der Waals surface area contributed by atoms with Crippen LogP contribution >= 0.6 is 23.1 Å². The van der Waals surface area contributed by atoms with Crippen LogP contribution in [0, 0.1) is 6.92 Å². The van der Waals surface area contributed by atoms with Gasteiger partial charge in [0.25, 0.3) is 11.1 Å². The Morgan fingerprint density at radius 1 is 1.00 bits per heavy atom. The molecular weight excluding hydrogens is 402 g/mol. The van der Waals surface area contributed by atoms with Gasteiger partial charge in [0.15, 0.2) is 0 Å². The molecule has 1 aliphatic heterocycles. The van der Waals surface area contributed by atoms with Gasteiger partial charge in [-0.3, -0.25) is 14.5 Å². The molecule has 4 nitrogen and oxygen atoms in total. The normalized spacial score (nSPS) is 15.4. The lowest BCUT2D eigenvalue weighted by Crippen LogP contribution is -2.27. The summed E-state index contributed by atoms with van der Waals surface area (Å²) in [6.07, 6.45) is 1.81. The van der Waals surface area contributed by atoms with Crippen LogP contribution in [0.2, 0.25) is 0 Å². The predicted octanol–water partition coefficient (Wildman–Crippen LogP) is 5.97. The number of hydrogen-bond acceptors (Lipinski definition) is 5. The fraction of sp³-hybridized carbons (Fsp3) is 0.130. The second kappa shape index (κ2) is 8.27. The maximum atomic E-state index is 12.8. The number of amides is 2. The van der Waals surface area contributed by atoms with Gasteiger partial charge in [-0.25, -0.2) is 0 Å². The number of carbonyl (C=O) groups is 2. The summed E-state index contributed by atoms with van der Waals surface area (Å²) in [5, 5.41) is 1.82. The van der Waals surface area contributed by atoms with Crippen LogP contribution < -0.4 is 4.74 Å². The summed E-state index contributed by atoms with van der Waals surface area (Å²) < 4.78 is 5.14. The van der Waals surface area contributed by atoms with E-state index in [1.54, 1.807) is 24.5 Å². The number of thiophene rings is 1. The minimum Gasteiger partial charge on any atom is -0.497 e. The third-order valence-electron chi connectivity index (χ3n) is 4.65. The molecule has 0 N–H and O–H groups in total. The molecule has 0 aliphatic carbocycles. The second-order valence-electron chi connectivity index (χ2n) is 6.72. The van der Waals surface area contributed by atoms with Crippen molar-refractivity contribution in [2.75, 3.05) is 7.11 Å². The number of ether oxygens (including phenoxy) is 1. The van der Waals surface area contributed by atoms with Crippen LogP contribution in [0.1, 0.15) is 16.0 Å². The summed E-state index contributed by atoms with van der Waals surface area (Å²) in [7, 11) is 1.60. The van der Waals surface area contributed by atoms with E-state index in [1.165, 1.54) is 10.5 Å². The first-order valence-electron chi connectivity index (χ1n) is 9.07. The monoisotopic (exact) mass is 421 g/mol. The van der Waals surface area contributed by atoms with Gasteiger partial charge in [0.05, 0.1) is 18.6 Å². The molecule has 0 bridgehead atoms. The van der Waals surface area contributed by atoms with Crippen molar-refractivity contribution in [3.63, 3.8) is 0 Å². The van der Waals surface area contributed by atoms with Gasteiger partial charge in [0.2, 0.25) is 0 Å². The van der Waals surface area contributed by atoms with E-state index in [-0.39, 0.29) is 17.7 Å². The Bertz CT molecular complexity index is 1080. The Labute approximate surface area is 177 Å². The Morgan fingerprint density at radius 3 is 2.41 bits per heavy atom. The number of aryl methyl sites for hydroxylation is 1. The van der Waals surface area contributed by atoms with Gasteiger partial charge < -0.3 is 4.74 Å². The van der Waals surface area contributed by atoms with E-state index in [0.717, 1.165) is 39.1 Å². The first-order valence-corrected chi connectivity index (χ1v) is 10.8. The van der Waals surface area contributed by atoms with E-state index in [9.17, 15) is 9.59 Å². The van der Waals surface area contributed by atoms with Crippen molar-refractivity contribution in [2.24, 2.45) is 0 Å². The first kappa shape index (κ1) is 19.5. The molecule has 0 atom stereocenters. The molecular formula is C23H19NO3S2. The first-order chi connectivity index (χ1) is 14.0. The van der Waals surface area contributed by atoms with Gasteiger partial charge >= 0.3 is 0 Å². The standard InChI is InChI=1S/C23H19NO3S2/c1-15-3-7-17(8-4-15)18-11-20(28-14-18)12-21-22(25)24(23(26)29-21)13-16-5-9-19(27-2)10-6-16/h3-12,14H,13H2,1-2H3. The van der Waals surface area contributed by atoms with E-state index in [1.807, 2.05) is 30.3 Å². The summed E-state index contributed by atoms with van der Waals surface area (Å²) in [6.45, 7) is 2.32. The van der Waals surface area contributed by atoms with Crippen LogP contribution in [0.5, 0.6) is 5.75 Å². The number of nitrogens with zero attached hydrogens (tertiary/aromatic N) is 1. The van der Waals surface area contributed by atoms with Crippen LogP contribution in [0.4, 0.5) is 4.79 Å². The summed E-state index contributed by atoms with van der Waals surface area (Å²) >= 11 is 2.55. The Hall–Kier alpha value is -2.83. The fourth-order valence-electron chi connectivity index (χ4n) is 3.00. The average molecular weight is 422 g/mol. The second-order valence-corrected chi connectivity index (χ2v) is 8.66. The van der Waals surface area contributed by atoms with E-state index < -0.39 is 0 Å². The number of hydrogen-bond donors (Lipinski definition) is 0. The molecule has 1 saturated heterocycles. The SMILES string of the molecule is COc1ccc(CN2C(=O)SC(=Cc3cc(-c4ccc(C)cc4)cs3)C2=O)cc1. The third kappa shape index (κ3) is 4.28. The molecule has 1 aliphatic rings. The van der Waals surface area contributed by atoms with E-state index in [4.69, 9.17) is 4.74 Å². The lowest BCUT2D eigenvalue weighted by atomic mass is 10.1. The quantitative estimate of drug-likeness (QED) is 0.476. The molecule has 0 spiro atoms. The van der Waals surface area contributed by atoms with Crippen molar-refractivity contribution in [3.05, 3.63) is 80.9 Å². The minimum atomic E-state index is -0.249. The molecule has 0 unspecified atom stereocenters. The number of methoxy groups -OCH3 is 1. The Kier molecular flexibility index (Phi) is 5.56. The maximum absolute atomic E-state index is 12.8. The molecule has 4 rings (SSSR count). The maximum Gasteiger partial charge on any atom is 0.293 e. The zero-order valence-electron chi connectivity index (χ0n) is 16.0. The van der Waals surface area contributed by atoms with Crippen molar-refractivity contribution in [1.82, 2.24) is 4.90 Å². The number of benzene rings is 2. The van der Waals surface area contributed by atoms with Crippen LogP contribution in [0.25, 0.3) is 17.2 Å². The zero-order chi connectivity index (χ0) is 20.4. The number of carbonyl (C=O) groups excluding carboxylic acids is 2. The highest BCUT2D eigenvalue weighted by atomic mass is 32.2. The Morgan fingerprint density at radius 2 is 1.72 bits per heavy atom. The van der Waals surface area contributed by atoms with E-state index in [2.05, 4.69) is 36.6 Å². The molecule has 1 aromatic heterocycles. The van der Waals surface area contributed by atoms with Crippen LogP contribution in [-0.4, -0.2) is 23.2 Å². The van der Waals surface area contributed by atoms with Crippen molar-refractivity contribution >= 4 is 40.3 Å². The largest absolute Gasteiger partial charge is 0.497 e. The zero-order valence-corrected chi connectivity index (χ0v) is 17.7. The van der Waals surface area contributed by atoms with Crippen LogP contribution in [0.15, 0.2) is 64.9 Å². The van der Waals surface area contributed by atoms with Gasteiger partial charge in [-0.05, 0) is 65.0 Å². The topological polar surface area (TPSA) is 46.6 Å².